The molecule has 2 aromatic rings. The number of amides is 1. The third kappa shape index (κ3) is 7.46. The summed E-state index contributed by atoms with van der Waals surface area (Å²) in [5, 5.41) is 4.86. The minimum Gasteiger partial charge on any atom is -0.322 e. The number of quaternary nitrogens is 2. The van der Waals surface area contributed by atoms with Crippen LogP contribution in [0, 0.1) is 0 Å². The fraction of sp³-hybridized carbons (Fsp3) is 0.304. The number of rotatable bonds is 7. The van der Waals surface area contributed by atoms with Gasteiger partial charge in [-0.1, -0.05) is 60.1 Å². The molecule has 0 aromatic heterocycles. The first kappa shape index (κ1) is 21.2. The van der Waals surface area contributed by atoms with E-state index in [1.165, 1.54) is 10.5 Å². The number of hydrogen-bond acceptors (Lipinski definition) is 2. The van der Waals surface area contributed by atoms with Gasteiger partial charge in [-0.2, -0.15) is 5.10 Å². The standard InChI is InChI=1S/C23H27ClN4O/c1-19(15-20-5-3-2-4-6-20)16-25-26-23(29)18-28-13-11-27(12-14-28)17-21-7-9-22(24)10-8-21/h2-10,15-16H,11-14,17-18H2,1H3,(H,26,29)/p+2/b19-15?,25-16-. The zero-order valence-electron chi connectivity index (χ0n) is 16.8. The van der Waals surface area contributed by atoms with Gasteiger partial charge in [-0.3, -0.25) is 4.79 Å². The van der Waals surface area contributed by atoms with Crippen LogP contribution < -0.4 is 15.2 Å². The molecule has 0 radical (unpaired) electrons. The van der Waals surface area contributed by atoms with Crippen molar-refractivity contribution in [2.75, 3.05) is 32.7 Å². The zero-order chi connectivity index (χ0) is 20.5. The van der Waals surface area contributed by atoms with Crippen LogP contribution in [0.2, 0.25) is 5.02 Å². The molecule has 0 saturated carbocycles. The van der Waals surface area contributed by atoms with Crippen LogP contribution >= 0.6 is 11.6 Å². The average Bonchev–Trinajstić information content (AvgIpc) is 2.72. The van der Waals surface area contributed by atoms with Crippen LogP contribution in [0.4, 0.5) is 0 Å². The van der Waals surface area contributed by atoms with Crippen molar-refractivity contribution >= 4 is 29.8 Å². The van der Waals surface area contributed by atoms with Gasteiger partial charge in [0.2, 0.25) is 0 Å². The van der Waals surface area contributed by atoms with E-state index in [1.807, 2.05) is 55.5 Å². The monoisotopic (exact) mass is 412 g/mol. The first-order valence-corrected chi connectivity index (χ1v) is 10.4. The Morgan fingerprint density at radius 2 is 1.69 bits per heavy atom. The van der Waals surface area contributed by atoms with Crippen LogP contribution in [0.25, 0.3) is 6.08 Å². The summed E-state index contributed by atoms with van der Waals surface area (Å²) in [6.45, 7) is 7.55. The van der Waals surface area contributed by atoms with Crippen molar-refractivity contribution in [1.82, 2.24) is 5.43 Å². The lowest BCUT2D eigenvalue weighted by molar-refractivity contribution is -1.02. The molecule has 1 amide bonds. The maximum Gasteiger partial charge on any atom is 0.295 e. The minimum atomic E-state index is -0.0371. The third-order valence-electron chi connectivity index (χ3n) is 5.09. The molecule has 1 saturated heterocycles. The zero-order valence-corrected chi connectivity index (χ0v) is 17.6. The summed E-state index contributed by atoms with van der Waals surface area (Å²) in [7, 11) is 0. The van der Waals surface area contributed by atoms with E-state index in [0.29, 0.717) is 6.54 Å². The lowest BCUT2D eigenvalue weighted by Crippen LogP contribution is -3.28. The molecule has 0 spiro atoms. The fourth-order valence-corrected chi connectivity index (χ4v) is 3.65. The van der Waals surface area contributed by atoms with E-state index in [0.717, 1.165) is 48.9 Å². The van der Waals surface area contributed by atoms with Crippen molar-refractivity contribution in [2.24, 2.45) is 5.10 Å². The van der Waals surface area contributed by atoms with E-state index in [4.69, 9.17) is 11.6 Å². The van der Waals surface area contributed by atoms with Gasteiger partial charge >= 0.3 is 0 Å². The number of halogens is 1. The molecule has 5 nitrogen and oxygen atoms in total. The molecule has 1 heterocycles. The quantitative estimate of drug-likeness (QED) is 0.458. The molecule has 1 aliphatic rings. The van der Waals surface area contributed by atoms with Crippen molar-refractivity contribution in [2.45, 2.75) is 13.5 Å². The Kier molecular flexibility index (Phi) is 7.99. The van der Waals surface area contributed by atoms with Crippen molar-refractivity contribution in [3.05, 3.63) is 76.3 Å². The molecular weight excluding hydrogens is 384 g/mol. The summed E-state index contributed by atoms with van der Waals surface area (Å²) >= 11 is 5.95. The van der Waals surface area contributed by atoms with Crippen molar-refractivity contribution in [3.8, 4) is 0 Å². The van der Waals surface area contributed by atoms with Gasteiger partial charge in [0.1, 0.15) is 32.7 Å². The van der Waals surface area contributed by atoms with Gasteiger partial charge in [-0.05, 0) is 30.2 Å². The molecule has 1 fully saturated rings. The Hall–Kier alpha value is -2.47. The number of piperazine rings is 1. The molecule has 152 valence electrons. The second kappa shape index (κ2) is 10.9. The molecule has 3 rings (SSSR count). The van der Waals surface area contributed by atoms with Gasteiger partial charge in [0, 0.05) is 10.6 Å². The van der Waals surface area contributed by atoms with Crippen molar-refractivity contribution in [3.63, 3.8) is 0 Å². The van der Waals surface area contributed by atoms with Crippen LogP contribution in [-0.2, 0) is 11.3 Å². The highest BCUT2D eigenvalue weighted by Crippen LogP contribution is 2.08. The lowest BCUT2D eigenvalue weighted by atomic mass is 10.1. The molecule has 6 heteroatoms. The smallest absolute Gasteiger partial charge is 0.295 e. The van der Waals surface area contributed by atoms with Crippen molar-refractivity contribution < 1.29 is 14.6 Å². The fourth-order valence-electron chi connectivity index (χ4n) is 3.52. The van der Waals surface area contributed by atoms with Crippen LogP contribution in [0.1, 0.15) is 18.1 Å². The van der Waals surface area contributed by atoms with E-state index < -0.39 is 0 Å². The normalized spacial score (nSPS) is 20.0. The minimum absolute atomic E-state index is 0.0371. The van der Waals surface area contributed by atoms with Crippen LogP contribution in [-0.4, -0.2) is 44.8 Å². The highest BCUT2D eigenvalue weighted by Gasteiger charge is 2.24. The average molecular weight is 413 g/mol. The van der Waals surface area contributed by atoms with Gasteiger partial charge in [-0.15, -0.1) is 0 Å². The van der Waals surface area contributed by atoms with Crippen LogP contribution in [0.5, 0.6) is 0 Å². The second-order valence-corrected chi connectivity index (χ2v) is 8.01. The van der Waals surface area contributed by atoms with Gasteiger partial charge in [0.05, 0.1) is 6.21 Å². The summed E-state index contributed by atoms with van der Waals surface area (Å²) in [4.78, 5) is 15.0. The maximum absolute atomic E-state index is 12.2. The summed E-state index contributed by atoms with van der Waals surface area (Å²) in [6, 6.07) is 18.1. The molecule has 0 unspecified atom stereocenters. The number of benzene rings is 2. The van der Waals surface area contributed by atoms with E-state index >= 15 is 0 Å². The van der Waals surface area contributed by atoms with E-state index in [9.17, 15) is 4.79 Å². The van der Waals surface area contributed by atoms with Crippen molar-refractivity contribution in [1.29, 1.82) is 0 Å². The summed E-state index contributed by atoms with van der Waals surface area (Å²) in [5.74, 6) is -0.0371. The third-order valence-corrected chi connectivity index (χ3v) is 5.35. The Morgan fingerprint density at radius 1 is 1.03 bits per heavy atom. The molecule has 2 aromatic carbocycles. The molecule has 0 aliphatic carbocycles. The highest BCUT2D eigenvalue weighted by atomic mass is 35.5. The first-order chi connectivity index (χ1) is 14.1. The molecular formula is C23H29ClN4O+2. The number of hydrazone groups is 1. The van der Waals surface area contributed by atoms with Gasteiger partial charge in [-0.25, -0.2) is 5.43 Å². The van der Waals surface area contributed by atoms with Gasteiger partial charge in [0.15, 0.2) is 6.54 Å². The molecule has 0 atom stereocenters. The van der Waals surface area contributed by atoms with E-state index in [1.54, 1.807) is 11.1 Å². The van der Waals surface area contributed by atoms with E-state index in [-0.39, 0.29) is 5.91 Å². The number of nitrogens with zero attached hydrogens (tertiary/aromatic N) is 1. The topological polar surface area (TPSA) is 50.3 Å². The van der Waals surface area contributed by atoms with Crippen LogP contribution in [0.15, 0.2) is 65.3 Å². The molecule has 0 bridgehead atoms. The number of carbonyl (C=O) groups is 1. The number of nitrogens with one attached hydrogen (secondary N) is 3. The summed E-state index contributed by atoms with van der Waals surface area (Å²) in [5.41, 5.74) is 6.06. The molecule has 1 aliphatic heterocycles. The first-order valence-electron chi connectivity index (χ1n) is 10.1. The van der Waals surface area contributed by atoms with Gasteiger partial charge < -0.3 is 9.80 Å². The van der Waals surface area contributed by atoms with Gasteiger partial charge in [0.25, 0.3) is 5.91 Å². The number of carbonyl (C=O) groups excluding carboxylic acids is 1. The van der Waals surface area contributed by atoms with Crippen LogP contribution in [0.3, 0.4) is 0 Å². The predicted molar refractivity (Wildman–Crippen MR) is 118 cm³/mol. The summed E-state index contributed by atoms with van der Waals surface area (Å²) in [6.07, 6.45) is 3.72. The Balaban J connectivity index is 1.37. The van der Waals surface area contributed by atoms with E-state index in [2.05, 4.69) is 22.7 Å². The SMILES string of the molecule is CC(=Cc1ccccc1)/C=N\NC(=O)C[NH+]1CC[NH+](Cc2ccc(Cl)cc2)CC1. The number of hydrogen-bond donors (Lipinski definition) is 3. The number of allylic oxidation sites excluding steroid dienone is 1. The summed E-state index contributed by atoms with van der Waals surface area (Å²) < 4.78 is 0. The Labute approximate surface area is 177 Å². The predicted octanol–water partition coefficient (Wildman–Crippen LogP) is 0.829. The Morgan fingerprint density at radius 3 is 2.38 bits per heavy atom. The Bertz CT molecular complexity index is 841. The second-order valence-electron chi connectivity index (χ2n) is 7.57. The lowest BCUT2D eigenvalue weighted by Gasteiger charge is -2.29. The maximum atomic E-state index is 12.2. The molecule has 29 heavy (non-hydrogen) atoms. The highest BCUT2D eigenvalue weighted by molar-refractivity contribution is 6.30. The molecule has 3 N–H and O–H groups in total. The largest absolute Gasteiger partial charge is 0.322 e.